The molecule has 0 saturated carbocycles. The molecule has 3 aromatic rings. The normalized spacial score (nSPS) is 11.7. The van der Waals surface area contributed by atoms with E-state index < -0.39 is 5.56 Å². The van der Waals surface area contributed by atoms with Crippen LogP contribution >= 0.6 is 15.9 Å². The number of aromatic nitrogens is 5. The zero-order valence-corrected chi connectivity index (χ0v) is 15.6. The lowest BCUT2D eigenvalue weighted by molar-refractivity contribution is -0.123. The Morgan fingerprint density at radius 3 is 2.56 bits per heavy atom. The summed E-state index contributed by atoms with van der Waals surface area (Å²) in [6.07, 6.45) is 1.34. The van der Waals surface area contributed by atoms with Crippen LogP contribution in [0.1, 0.15) is 20.8 Å². The number of hydrogen-bond donors (Lipinski definition) is 1. The van der Waals surface area contributed by atoms with Crippen LogP contribution in [0.25, 0.3) is 16.9 Å². The molecule has 0 aliphatic heterocycles. The highest BCUT2D eigenvalue weighted by atomic mass is 79.9. The van der Waals surface area contributed by atoms with Gasteiger partial charge in [0.25, 0.3) is 5.56 Å². The second-order valence-corrected chi connectivity index (χ2v) is 7.54. The average Bonchev–Trinajstić information content (AvgIpc) is 2.94. The minimum absolute atomic E-state index is 0.119. The van der Waals surface area contributed by atoms with Crippen molar-refractivity contribution in [3.63, 3.8) is 0 Å². The van der Waals surface area contributed by atoms with Crippen molar-refractivity contribution in [1.29, 1.82) is 0 Å². The van der Waals surface area contributed by atoms with E-state index in [0.29, 0.717) is 5.65 Å². The van der Waals surface area contributed by atoms with Gasteiger partial charge in [0, 0.05) is 10.0 Å². The van der Waals surface area contributed by atoms with Crippen LogP contribution in [-0.2, 0) is 11.3 Å². The van der Waals surface area contributed by atoms with Crippen molar-refractivity contribution in [3.8, 4) is 5.69 Å². The van der Waals surface area contributed by atoms with Gasteiger partial charge in [-0.2, -0.15) is 4.68 Å². The van der Waals surface area contributed by atoms with Crippen molar-refractivity contribution in [2.45, 2.75) is 32.9 Å². The highest BCUT2D eigenvalue weighted by Gasteiger charge is 2.17. The molecule has 9 heteroatoms. The maximum Gasteiger partial charge on any atom is 0.284 e. The lowest BCUT2D eigenvalue weighted by Crippen LogP contribution is -2.43. The minimum atomic E-state index is -0.405. The van der Waals surface area contributed by atoms with E-state index in [2.05, 4.69) is 36.5 Å². The maximum atomic E-state index is 12.5. The number of benzene rings is 1. The van der Waals surface area contributed by atoms with Crippen LogP contribution < -0.4 is 10.9 Å². The van der Waals surface area contributed by atoms with Gasteiger partial charge in [-0.3, -0.25) is 14.2 Å². The molecule has 0 unspecified atom stereocenters. The maximum absolute atomic E-state index is 12.5. The molecule has 0 fully saturated rings. The number of nitrogens with one attached hydrogen (secondary N) is 1. The van der Waals surface area contributed by atoms with Crippen molar-refractivity contribution in [3.05, 3.63) is 45.4 Å². The first-order valence-electron chi connectivity index (χ1n) is 7.62. The number of fused-ring (bicyclic) bond motifs is 1. The first-order chi connectivity index (χ1) is 11.7. The molecular weight excluding hydrogens is 388 g/mol. The summed E-state index contributed by atoms with van der Waals surface area (Å²) in [6, 6.07) is 7.40. The number of amides is 1. The van der Waals surface area contributed by atoms with Crippen molar-refractivity contribution >= 4 is 33.0 Å². The van der Waals surface area contributed by atoms with E-state index in [-0.39, 0.29) is 23.5 Å². The summed E-state index contributed by atoms with van der Waals surface area (Å²) in [5.74, 6) is -0.268. The zero-order chi connectivity index (χ0) is 18.2. The van der Waals surface area contributed by atoms with Crippen molar-refractivity contribution in [2.24, 2.45) is 0 Å². The predicted molar refractivity (Wildman–Crippen MR) is 96.5 cm³/mol. The molecule has 1 aromatic carbocycles. The average molecular weight is 405 g/mol. The fourth-order valence-electron chi connectivity index (χ4n) is 2.33. The minimum Gasteiger partial charge on any atom is -0.350 e. The van der Waals surface area contributed by atoms with Crippen LogP contribution in [0.15, 0.2) is 39.9 Å². The van der Waals surface area contributed by atoms with E-state index >= 15 is 0 Å². The largest absolute Gasteiger partial charge is 0.350 e. The van der Waals surface area contributed by atoms with E-state index in [1.165, 1.54) is 15.6 Å². The van der Waals surface area contributed by atoms with Crippen molar-refractivity contribution in [1.82, 2.24) is 29.9 Å². The highest BCUT2D eigenvalue weighted by Crippen LogP contribution is 2.15. The summed E-state index contributed by atoms with van der Waals surface area (Å²) >= 11 is 3.37. The van der Waals surface area contributed by atoms with E-state index in [1.807, 2.05) is 45.0 Å². The predicted octanol–water partition coefficient (Wildman–Crippen LogP) is 1.65. The quantitative estimate of drug-likeness (QED) is 0.715. The number of carbonyl (C=O) groups excluding carboxylic acids is 1. The lowest BCUT2D eigenvalue weighted by Gasteiger charge is -2.20. The van der Waals surface area contributed by atoms with Gasteiger partial charge in [0.15, 0.2) is 11.2 Å². The molecule has 0 spiro atoms. The second-order valence-electron chi connectivity index (χ2n) is 6.63. The molecule has 1 N–H and O–H groups in total. The van der Waals surface area contributed by atoms with E-state index in [0.717, 1.165) is 10.2 Å². The molecule has 0 atom stereocenters. The number of rotatable bonds is 3. The summed E-state index contributed by atoms with van der Waals surface area (Å²) in [7, 11) is 0. The molecule has 0 radical (unpaired) electrons. The molecule has 0 bridgehead atoms. The number of hydrogen-bond acceptors (Lipinski definition) is 5. The van der Waals surface area contributed by atoms with Crippen molar-refractivity contribution in [2.75, 3.05) is 0 Å². The van der Waals surface area contributed by atoms with Gasteiger partial charge in [-0.25, -0.2) is 4.98 Å². The van der Waals surface area contributed by atoms with Crippen LogP contribution in [-0.4, -0.2) is 36.0 Å². The molecule has 0 aliphatic carbocycles. The third-order valence-corrected chi connectivity index (χ3v) is 3.86. The van der Waals surface area contributed by atoms with Gasteiger partial charge in [0.05, 0.1) is 5.69 Å². The zero-order valence-electron chi connectivity index (χ0n) is 14.0. The van der Waals surface area contributed by atoms with Gasteiger partial charge in [0.1, 0.15) is 12.9 Å². The lowest BCUT2D eigenvalue weighted by atomic mass is 10.1. The Labute approximate surface area is 152 Å². The SMILES string of the molecule is CC(C)(C)NC(=O)Cn1cnc2c(nnn2-c2ccc(Br)cc2)c1=O. The van der Waals surface area contributed by atoms with Crippen molar-refractivity contribution < 1.29 is 4.79 Å². The molecule has 1 amide bonds. The molecule has 0 saturated heterocycles. The van der Waals surface area contributed by atoms with Gasteiger partial charge in [-0.15, -0.1) is 5.10 Å². The Balaban J connectivity index is 1.95. The third kappa shape index (κ3) is 3.76. The Kier molecular flexibility index (Phi) is 4.42. The highest BCUT2D eigenvalue weighted by molar-refractivity contribution is 9.10. The van der Waals surface area contributed by atoms with Gasteiger partial charge in [-0.05, 0) is 45.0 Å². The molecule has 8 nitrogen and oxygen atoms in total. The monoisotopic (exact) mass is 404 g/mol. The number of halogens is 1. The molecule has 2 aromatic heterocycles. The van der Waals surface area contributed by atoms with Crippen LogP contribution in [0.4, 0.5) is 0 Å². The third-order valence-electron chi connectivity index (χ3n) is 3.33. The molecule has 25 heavy (non-hydrogen) atoms. The molecular formula is C16H17BrN6O2. The van der Waals surface area contributed by atoms with Gasteiger partial charge < -0.3 is 5.32 Å². The summed E-state index contributed by atoms with van der Waals surface area (Å²) < 4.78 is 3.65. The summed E-state index contributed by atoms with van der Waals surface area (Å²) in [6.45, 7) is 5.50. The fraction of sp³-hybridized carbons (Fsp3) is 0.312. The second kappa shape index (κ2) is 6.40. The fourth-order valence-corrected chi connectivity index (χ4v) is 2.59. The summed E-state index contributed by atoms with van der Waals surface area (Å²) in [5, 5.41) is 10.8. The first kappa shape index (κ1) is 17.3. The van der Waals surface area contributed by atoms with Gasteiger partial charge in [0.2, 0.25) is 5.91 Å². The number of carbonyl (C=O) groups is 1. The first-order valence-corrected chi connectivity index (χ1v) is 8.42. The molecule has 130 valence electrons. The van der Waals surface area contributed by atoms with E-state index in [1.54, 1.807) is 0 Å². The van der Waals surface area contributed by atoms with Crippen LogP contribution in [0.3, 0.4) is 0 Å². The summed E-state index contributed by atoms with van der Waals surface area (Å²) in [5.41, 5.74) is 0.426. The summed E-state index contributed by atoms with van der Waals surface area (Å²) in [4.78, 5) is 28.8. The van der Waals surface area contributed by atoms with Crippen LogP contribution in [0.5, 0.6) is 0 Å². The topological polar surface area (TPSA) is 94.7 Å². The van der Waals surface area contributed by atoms with E-state index in [4.69, 9.17) is 0 Å². The van der Waals surface area contributed by atoms with Crippen LogP contribution in [0.2, 0.25) is 0 Å². The number of nitrogens with zero attached hydrogens (tertiary/aromatic N) is 5. The van der Waals surface area contributed by atoms with Gasteiger partial charge in [-0.1, -0.05) is 21.1 Å². The Morgan fingerprint density at radius 2 is 1.92 bits per heavy atom. The Morgan fingerprint density at radius 1 is 1.24 bits per heavy atom. The molecule has 0 aliphatic rings. The van der Waals surface area contributed by atoms with Gasteiger partial charge >= 0.3 is 0 Å². The Bertz CT molecular complexity index is 985. The van der Waals surface area contributed by atoms with Crippen LogP contribution in [0, 0.1) is 0 Å². The van der Waals surface area contributed by atoms with E-state index in [9.17, 15) is 9.59 Å². The molecule has 3 rings (SSSR count). The Hall–Kier alpha value is -2.55. The smallest absolute Gasteiger partial charge is 0.284 e. The standard InChI is InChI=1S/C16H17BrN6O2/c1-16(2,3)19-12(24)8-22-9-18-14-13(15(22)25)20-21-23(14)11-6-4-10(17)5-7-11/h4-7,9H,8H2,1-3H3,(H,19,24). The molecule has 2 heterocycles.